The fourth-order valence-electron chi connectivity index (χ4n) is 0.318. The summed E-state index contributed by atoms with van der Waals surface area (Å²) in [6.45, 7) is 0. The Bertz CT molecular complexity index is 266. The van der Waals surface area contributed by atoms with Gasteiger partial charge in [0.05, 0.1) is 3.76 Å². The lowest BCUT2D eigenvalue weighted by Gasteiger charge is -1.58. The van der Waals surface area contributed by atoms with E-state index in [0.717, 1.165) is 23.1 Å². The zero-order valence-electron chi connectivity index (χ0n) is 4.54. The molecule has 0 aliphatic rings. The first-order chi connectivity index (χ1) is 4.38. The second-order valence-corrected chi connectivity index (χ2v) is 2.92. The van der Waals surface area contributed by atoms with Crippen molar-refractivity contribution in [1.82, 2.24) is 3.76 Å². The van der Waals surface area contributed by atoms with Crippen molar-refractivity contribution in [1.29, 1.82) is 10.5 Å². The van der Waals surface area contributed by atoms with Crippen LogP contribution >= 0.6 is 23.1 Å². The molecule has 0 aliphatic heterocycles. The van der Waals surface area contributed by atoms with Gasteiger partial charge in [0.15, 0.2) is 0 Å². The Kier molecular flexibility index (Phi) is 3.82. The maximum atomic E-state index is 8.31. The molecule has 0 N–H and O–H groups in total. The van der Waals surface area contributed by atoms with Gasteiger partial charge in [-0.2, -0.15) is 10.5 Å². The van der Waals surface area contributed by atoms with Crippen LogP contribution in [-0.4, -0.2) is 3.76 Å². The van der Waals surface area contributed by atoms with Gasteiger partial charge in [0, 0.05) is 0 Å². The molecule has 1 rings (SSSR count). The predicted octanol–water partition coefficient (Wildman–Crippen LogP) is -1.77. The maximum Gasteiger partial charge on any atom is 0.283 e. The highest BCUT2D eigenvalue weighted by atomic mass is 35.5. The van der Waals surface area contributed by atoms with Crippen molar-refractivity contribution in [3.05, 3.63) is 9.75 Å². The van der Waals surface area contributed by atoms with Crippen molar-refractivity contribution in [2.45, 2.75) is 0 Å². The molecule has 0 unspecified atom stereocenters. The van der Waals surface area contributed by atoms with Crippen LogP contribution in [-0.2, 0) is 0 Å². The topological polar surface area (TPSA) is 60.5 Å². The van der Waals surface area contributed by atoms with Crippen molar-refractivity contribution in [3.63, 3.8) is 0 Å². The average Bonchev–Trinajstić information content (AvgIpc) is 2.33. The van der Waals surface area contributed by atoms with Gasteiger partial charge in [-0.05, 0) is 0 Å². The van der Waals surface area contributed by atoms with E-state index in [1.807, 2.05) is 12.1 Å². The van der Waals surface area contributed by atoms with Gasteiger partial charge < -0.3 is 12.4 Å². The number of halogens is 1. The summed E-state index contributed by atoms with van der Waals surface area (Å²) in [5, 5.41) is 16.6. The van der Waals surface area contributed by atoms with Crippen LogP contribution in [0.3, 0.4) is 0 Å². The van der Waals surface area contributed by atoms with Crippen LogP contribution in [0.1, 0.15) is 9.75 Å². The lowest BCUT2D eigenvalue weighted by Crippen LogP contribution is -3.00. The van der Waals surface area contributed by atoms with Crippen molar-refractivity contribution in [2.24, 2.45) is 0 Å². The number of hydrogen-bond acceptors (Lipinski definition) is 4. The van der Waals surface area contributed by atoms with Gasteiger partial charge in [-0.3, -0.25) is 0 Å². The fraction of sp³-hybridized carbons (Fsp3) is 0. The summed E-state index contributed by atoms with van der Waals surface area (Å²) in [6, 6.07) is 3.74. The van der Waals surface area contributed by atoms with E-state index >= 15 is 0 Å². The van der Waals surface area contributed by atoms with Gasteiger partial charge in [-0.25, -0.2) is 0 Å². The lowest BCUT2D eigenvalue weighted by molar-refractivity contribution is -0.00000225. The van der Waals surface area contributed by atoms with Gasteiger partial charge in [0.1, 0.15) is 12.1 Å². The van der Waals surface area contributed by atoms with Gasteiger partial charge >= 0.3 is 0 Å². The summed E-state index contributed by atoms with van der Waals surface area (Å²) < 4.78 is 3.70. The molecule has 0 bridgehead atoms. The molecule has 3 nitrogen and oxygen atoms in total. The average molecular weight is 190 g/mol. The van der Waals surface area contributed by atoms with Crippen molar-refractivity contribution in [3.8, 4) is 12.1 Å². The summed E-state index contributed by atoms with van der Waals surface area (Å²) in [5.74, 6) is 0. The molecule has 0 aliphatic carbocycles. The van der Waals surface area contributed by atoms with Crippen molar-refractivity contribution >= 4 is 23.1 Å². The van der Waals surface area contributed by atoms with Crippen LogP contribution < -0.4 is 12.4 Å². The van der Waals surface area contributed by atoms with E-state index in [0.29, 0.717) is 9.75 Å². The highest BCUT2D eigenvalue weighted by Gasteiger charge is 2.16. The molecular weight excluding hydrogens is 190 g/mol. The Labute approximate surface area is 71.9 Å². The minimum absolute atomic E-state index is 0. The van der Waals surface area contributed by atoms with Crippen LogP contribution in [0.2, 0.25) is 0 Å². The molecule has 1 aromatic rings. The zero-order valence-corrected chi connectivity index (χ0v) is 6.93. The number of nitrogens with zero attached hydrogens (tertiary/aromatic N) is 3. The highest BCUT2D eigenvalue weighted by Crippen LogP contribution is 2.14. The fourth-order valence-corrected chi connectivity index (χ4v) is 1.63. The predicted molar refractivity (Wildman–Crippen MR) is 33.8 cm³/mol. The molecule has 50 valence electrons. The van der Waals surface area contributed by atoms with E-state index in [4.69, 9.17) is 10.5 Å². The first-order valence-electron chi connectivity index (χ1n) is 1.97. The minimum Gasteiger partial charge on any atom is -1.00 e. The monoisotopic (exact) mass is 189 g/mol. The van der Waals surface area contributed by atoms with Crippen LogP contribution in [0.5, 0.6) is 0 Å². The quantitative estimate of drug-likeness (QED) is 0.454. The number of hydrogen-bond donors (Lipinski definition) is 0. The SMILES string of the molecule is N#Cc1sn[s+]c1C#N.[Cl-]. The minimum atomic E-state index is 0. The molecular formula is C4ClN3S2. The highest BCUT2D eigenvalue weighted by molar-refractivity contribution is 7.22. The normalized spacial score (nSPS) is 7.00. The standard InChI is InChI=1S/C4N3S2.ClH/c5-1-3-4(2-6)9-7-8-3;/h;1H/q+1;/p-1. The van der Waals surface area contributed by atoms with E-state index in [-0.39, 0.29) is 12.4 Å². The van der Waals surface area contributed by atoms with Gasteiger partial charge in [-0.15, -0.1) is 0 Å². The zero-order chi connectivity index (χ0) is 6.69. The molecule has 1 heterocycles. The molecule has 0 saturated carbocycles. The summed E-state index contributed by atoms with van der Waals surface area (Å²) >= 11 is 2.12. The molecule has 0 atom stereocenters. The molecule has 1 aromatic heterocycles. The summed E-state index contributed by atoms with van der Waals surface area (Å²) in [7, 11) is 0. The molecule has 0 amide bonds. The summed E-state index contributed by atoms with van der Waals surface area (Å²) in [6.07, 6.45) is 0. The van der Waals surface area contributed by atoms with Gasteiger partial charge in [0.2, 0.25) is 23.1 Å². The maximum absolute atomic E-state index is 8.31. The Morgan fingerprint density at radius 2 is 2.10 bits per heavy atom. The molecule has 0 spiro atoms. The van der Waals surface area contributed by atoms with E-state index < -0.39 is 0 Å². The summed E-state index contributed by atoms with van der Waals surface area (Å²) in [5.41, 5.74) is 0. The van der Waals surface area contributed by atoms with Gasteiger partial charge in [0.25, 0.3) is 9.75 Å². The Morgan fingerprint density at radius 3 is 2.50 bits per heavy atom. The smallest absolute Gasteiger partial charge is 0.283 e. The third-order valence-corrected chi connectivity index (χ3v) is 2.35. The van der Waals surface area contributed by atoms with Crippen LogP contribution in [0.4, 0.5) is 0 Å². The molecule has 0 fully saturated rings. The number of rotatable bonds is 0. The first kappa shape index (κ1) is 9.25. The Morgan fingerprint density at radius 1 is 1.40 bits per heavy atom. The molecule has 6 heteroatoms. The first-order valence-corrected chi connectivity index (χ1v) is 3.52. The van der Waals surface area contributed by atoms with E-state index in [9.17, 15) is 0 Å². The van der Waals surface area contributed by atoms with E-state index in [1.165, 1.54) is 0 Å². The third kappa shape index (κ3) is 1.61. The molecule has 0 saturated heterocycles. The van der Waals surface area contributed by atoms with Crippen LogP contribution in [0.25, 0.3) is 0 Å². The largest absolute Gasteiger partial charge is 1.00 e. The van der Waals surface area contributed by atoms with Crippen LogP contribution in [0, 0.1) is 22.7 Å². The van der Waals surface area contributed by atoms with E-state index in [2.05, 4.69) is 3.76 Å². The second-order valence-electron chi connectivity index (χ2n) is 1.14. The number of aromatic nitrogens is 1. The Balaban J connectivity index is 0.000000810. The summed E-state index contributed by atoms with van der Waals surface area (Å²) in [4.78, 5) is 0.810. The van der Waals surface area contributed by atoms with Crippen LogP contribution in [0.15, 0.2) is 0 Å². The molecule has 0 aromatic carbocycles. The van der Waals surface area contributed by atoms with Crippen molar-refractivity contribution < 1.29 is 12.4 Å². The molecule has 0 radical (unpaired) electrons. The number of nitriles is 2. The Hall–Kier alpha value is -0.750. The van der Waals surface area contributed by atoms with Gasteiger partial charge in [-0.1, -0.05) is 0 Å². The second kappa shape index (κ2) is 4.13. The van der Waals surface area contributed by atoms with E-state index in [1.54, 1.807) is 0 Å². The lowest BCUT2D eigenvalue weighted by atomic mass is 10.5. The van der Waals surface area contributed by atoms with Crippen molar-refractivity contribution in [2.75, 3.05) is 0 Å². The third-order valence-electron chi connectivity index (χ3n) is 0.666. The molecule has 10 heavy (non-hydrogen) atoms.